The summed E-state index contributed by atoms with van der Waals surface area (Å²) in [4.78, 5) is 4.93. The lowest BCUT2D eigenvalue weighted by Crippen LogP contribution is -1.94. The van der Waals surface area contributed by atoms with E-state index in [1.54, 1.807) is 0 Å². The van der Waals surface area contributed by atoms with Crippen LogP contribution >= 0.6 is 0 Å². The highest BCUT2D eigenvalue weighted by Gasteiger charge is 2.20. The van der Waals surface area contributed by atoms with Gasteiger partial charge < -0.3 is 0 Å². The van der Waals surface area contributed by atoms with E-state index in [-0.39, 0.29) is 0 Å². The first-order chi connectivity index (χ1) is 17.3. The fourth-order valence-corrected chi connectivity index (χ4v) is 5.67. The molecule has 0 fully saturated rings. The Bertz CT molecular complexity index is 1910. The summed E-state index contributed by atoms with van der Waals surface area (Å²) in [6.07, 6.45) is 2.08. The molecule has 0 aliphatic rings. The predicted octanol–water partition coefficient (Wildman–Crippen LogP) is 9.34. The Hall–Kier alpha value is -4.49. The van der Waals surface area contributed by atoms with Crippen molar-refractivity contribution in [2.75, 3.05) is 0 Å². The molecule has 6 aromatic carbocycles. The highest BCUT2D eigenvalue weighted by molar-refractivity contribution is 6.28. The van der Waals surface area contributed by atoms with Crippen LogP contribution in [0.4, 0.5) is 0 Å². The van der Waals surface area contributed by atoms with Gasteiger partial charge >= 0.3 is 0 Å². The molecule has 1 heterocycles. The predicted molar refractivity (Wildman–Crippen MR) is 150 cm³/mol. The molecular formula is C34H23N. The molecule has 164 valence electrons. The van der Waals surface area contributed by atoms with Crippen LogP contribution in [0.2, 0.25) is 0 Å². The van der Waals surface area contributed by atoms with Gasteiger partial charge in [0.15, 0.2) is 0 Å². The van der Waals surface area contributed by atoms with Crippen molar-refractivity contribution in [2.24, 2.45) is 0 Å². The molecule has 1 nitrogen and oxygen atoms in total. The highest BCUT2D eigenvalue weighted by Crippen LogP contribution is 2.47. The van der Waals surface area contributed by atoms with Gasteiger partial charge in [-0.1, -0.05) is 109 Å². The summed E-state index contributed by atoms with van der Waals surface area (Å²) >= 11 is 0. The van der Waals surface area contributed by atoms with Gasteiger partial charge in [0.05, 0.1) is 5.52 Å². The maximum atomic E-state index is 4.93. The van der Waals surface area contributed by atoms with Crippen LogP contribution in [0.15, 0.2) is 121 Å². The zero-order chi connectivity index (χ0) is 23.4. The third-order valence-electron chi connectivity index (χ3n) is 7.23. The minimum absolute atomic E-state index is 1.02. The SMILES string of the molecule is Cc1ccccc1-c1c2ccccc2c(-c2cccc3ccccc23)c2c1cnc1ccccc12. The van der Waals surface area contributed by atoms with Gasteiger partial charge in [0.25, 0.3) is 0 Å². The van der Waals surface area contributed by atoms with Gasteiger partial charge in [-0.05, 0) is 62.4 Å². The van der Waals surface area contributed by atoms with Gasteiger partial charge in [-0.2, -0.15) is 0 Å². The van der Waals surface area contributed by atoms with E-state index in [9.17, 15) is 0 Å². The third kappa shape index (κ3) is 2.98. The Kier molecular flexibility index (Phi) is 4.43. The Morgan fingerprint density at radius 1 is 0.457 bits per heavy atom. The lowest BCUT2D eigenvalue weighted by Gasteiger charge is -2.20. The zero-order valence-electron chi connectivity index (χ0n) is 19.5. The molecule has 0 aliphatic carbocycles. The second-order valence-corrected chi connectivity index (χ2v) is 9.20. The Morgan fingerprint density at radius 2 is 1.06 bits per heavy atom. The molecule has 0 aliphatic heterocycles. The molecule has 0 radical (unpaired) electrons. The molecule has 0 N–H and O–H groups in total. The van der Waals surface area contributed by atoms with Gasteiger partial charge in [-0.3, -0.25) is 4.98 Å². The van der Waals surface area contributed by atoms with Crippen molar-refractivity contribution in [2.45, 2.75) is 6.92 Å². The number of aromatic nitrogens is 1. The first-order valence-corrected chi connectivity index (χ1v) is 12.1. The van der Waals surface area contributed by atoms with Crippen LogP contribution in [0.1, 0.15) is 5.56 Å². The number of hydrogen-bond donors (Lipinski definition) is 0. The number of para-hydroxylation sites is 1. The third-order valence-corrected chi connectivity index (χ3v) is 7.23. The van der Waals surface area contributed by atoms with E-state index in [2.05, 4.69) is 128 Å². The standard InChI is InChI=1S/C34H23N/c1-22-11-2-4-14-24(22)32-27-16-6-7-17-28(27)33(26-19-10-13-23-12-3-5-15-25(23)26)34-29-18-8-9-20-31(29)35-21-30(32)34/h2-21H,1H3. The molecule has 0 saturated heterocycles. The maximum Gasteiger partial charge on any atom is 0.0708 e. The van der Waals surface area contributed by atoms with Crippen molar-refractivity contribution in [1.29, 1.82) is 0 Å². The number of rotatable bonds is 2. The zero-order valence-corrected chi connectivity index (χ0v) is 19.5. The molecule has 0 unspecified atom stereocenters. The van der Waals surface area contributed by atoms with E-state index in [0.717, 1.165) is 5.52 Å². The van der Waals surface area contributed by atoms with E-state index >= 15 is 0 Å². The van der Waals surface area contributed by atoms with Crippen LogP contribution < -0.4 is 0 Å². The summed E-state index contributed by atoms with van der Waals surface area (Å²) < 4.78 is 0. The highest BCUT2D eigenvalue weighted by atomic mass is 14.6. The smallest absolute Gasteiger partial charge is 0.0708 e. The van der Waals surface area contributed by atoms with Crippen LogP contribution in [0.3, 0.4) is 0 Å². The monoisotopic (exact) mass is 445 g/mol. The molecular weight excluding hydrogens is 422 g/mol. The average molecular weight is 446 g/mol. The van der Waals surface area contributed by atoms with Gasteiger partial charge in [0.1, 0.15) is 0 Å². The van der Waals surface area contributed by atoms with E-state index in [1.165, 1.54) is 65.5 Å². The van der Waals surface area contributed by atoms with Gasteiger partial charge in [-0.25, -0.2) is 0 Å². The van der Waals surface area contributed by atoms with Gasteiger partial charge in [0.2, 0.25) is 0 Å². The topological polar surface area (TPSA) is 12.9 Å². The molecule has 7 rings (SSSR count). The minimum atomic E-state index is 1.02. The quantitative estimate of drug-likeness (QED) is 0.191. The molecule has 7 aromatic rings. The fraction of sp³-hybridized carbons (Fsp3) is 0.0294. The lowest BCUT2D eigenvalue weighted by molar-refractivity contribution is 1.44. The first kappa shape index (κ1) is 19.9. The molecule has 0 saturated carbocycles. The fourth-order valence-electron chi connectivity index (χ4n) is 5.67. The Balaban J connectivity index is 1.80. The Labute approximate surface area is 204 Å². The van der Waals surface area contributed by atoms with Crippen LogP contribution in [-0.4, -0.2) is 4.98 Å². The van der Waals surface area contributed by atoms with Gasteiger partial charge in [-0.15, -0.1) is 0 Å². The number of fused-ring (bicyclic) bond motifs is 5. The number of pyridine rings is 1. The largest absolute Gasteiger partial charge is 0.256 e. The average Bonchev–Trinajstić information content (AvgIpc) is 2.92. The first-order valence-electron chi connectivity index (χ1n) is 12.1. The van der Waals surface area contributed by atoms with Crippen molar-refractivity contribution in [3.05, 3.63) is 127 Å². The van der Waals surface area contributed by atoms with E-state index in [0.29, 0.717) is 0 Å². The summed E-state index contributed by atoms with van der Waals surface area (Å²) in [6, 6.07) is 41.4. The van der Waals surface area contributed by atoms with E-state index < -0.39 is 0 Å². The van der Waals surface area contributed by atoms with E-state index in [1.807, 2.05) is 0 Å². The number of nitrogens with zero attached hydrogens (tertiary/aromatic N) is 1. The summed E-state index contributed by atoms with van der Waals surface area (Å²) in [5.74, 6) is 0. The molecule has 35 heavy (non-hydrogen) atoms. The lowest BCUT2D eigenvalue weighted by atomic mass is 9.83. The molecule has 0 spiro atoms. The van der Waals surface area contributed by atoms with Crippen molar-refractivity contribution in [1.82, 2.24) is 4.98 Å². The molecule has 1 aromatic heterocycles. The van der Waals surface area contributed by atoms with Crippen molar-refractivity contribution >= 4 is 43.2 Å². The molecule has 0 amide bonds. The summed E-state index contributed by atoms with van der Waals surface area (Å²) in [7, 11) is 0. The number of aryl methyl sites for hydroxylation is 1. The van der Waals surface area contributed by atoms with Crippen LogP contribution in [0.5, 0.6) is 0 Å². The van der Waals surface area contributed by atoms with Gasteiger partial charge in [0, 0.05) is 22.4 Å². The molecule has 1 heteroatoms. The second kappa shape index (κ2) is 7.78. The van der Waals surface area contributed by atoms with Crippen molar-refractivity contribution in [3.8, 4) is 22.3 Å². The van der Waals surface area contributed by atoms with Crippen LogP contribution in [-0.2, 0) is 0 Å². The number of benzene rings is 6. The second-order valence-electron chi connectivity index (χ2n) is 9.20. The molecule has 0 atom stereocenters. The molecule has 0 bridgehead atoms. The number of hydrogen-bond acceptors (Lipinski definition) is 1. The van der Waals surface area contributed by atoms with Crippen LogP contribution in [0, 0.1) is 6.92 Å². The Morgan fingerprint density at radius 3 is 1.89 bits per heavy atom. The minimum Gasteiger partial charge on any atom is -0.256 e. The van der Waals surface area contributed by atoms with E-state index in [4.69, 9.17) is 4.98 Å². The van der Waals surface area contributed by atoms with Crippen molar-refractivity contribution in [3.63, 3.8) is 0 Å². The summed E-state index contributed by atoms with van der Waals surface area (Å²) in [5, 5.41) is 8.70. The summed E-state index contributed by atoms with van der Waals surface area (Å²) in [5.41, 5.74) is 7.35. The normalized spacial score (nSPS) is 11.6. The maximum absolute atomic E-state index is 4.93. The summed E-state index contributed by atoms with van der Waals surface area (Å²) in [6.45, 7) is 2.20. The van der Waals surface area contributed by atoms with Crippen LogP contribution in [0.25, 0.3) is 65.5 Å². The van der Waals surface area contributed by atoms with Crippen molar-refractivity contribution < 1.29 is 0 Å².